The van der Waals surface area contributed by atoms with Crippen LogP contribution in [0.3, 0.4) is 0 Å². The van der Waals surface area contributed by atoms with E-state index in [1.165, 1.54) is 6.08 Å². The van der Waals surface area contributed by atoms with Crippen LogP contribution >= 0.6 is 39.1 Å². The van der Waals surface area contributed by atoms with Crippen molar-refractivity contribution in [1.82, 2.24) is 0 Å². The fraction of sp³-hybridized carbons (Fsp3) is 0.318. The number of para-hydroxylation sites is 1. The van der Waals surface area contributed by atoms with E-state index in [0.717, 1.165) is 44.0 Å². The molecule has 0 saturated heterocycles. The third kappa shape index (κ3) is 12.2. The predicted molar refractivity (Wildman–Crippen MR) is 222 cm³/mol. The van der Waals surface area contributed by atoms with Crippen LogP contribution in [0.4, 0.5) is 0 Å². The van der Waals surface area contributed by atoms with E-state index < -0.39 is 0 Å². The van der Waals surface area contributed by atoms with Gasteiger partial charge in [-0.1, -0.05) is 57.3 Å². The number of fused-ring (bicyclic) bond motifs is 4. The molecule has 4 heterocycles. The van der Waals surface area contributed by atoms with Crippen molar-refractivity contribution in [2.24, 2.45) is 0 Å². The molecule has 4 aromatic rings. The van der Waals surface area contributed by atoms with Gasteiger partial charge in [0.25, 0.3) is 0 Å². The highest BCUT2D eigenvalue weighted by Gasteiger charge is 2.28. The normalized spacial score (nSPS) is 16.7. The Morgan fingerprint density at radius 2 is 1.19 bits per heavy atom. The van der Waals surface area contributed by atoms with E-state index in [9.17, 15) is 19.2 Å². The van der Waals surface area contributed by atoms with Crippen LogP contribution in [0.25, 0.3) is 5.57 Å². The molecule has 2 atom stereocenters. The SMILES string of the molecule is CCOC(=O)/C=C1\COc2ccc(Cl)cc21.CCOC(=O)CC1COc2ccc(Br)cc21.CCOC(=O)CC1COc2ccccc21.O=C1COc2ccc(Cl)cc21. The monoisotopic (exact) mass is 896 g/mol. The summed E-state index contributed by atoms with van der Waals surface area (Å²) in [6.07, 6.45) is 2.24. The van der Waals surface area contributed by atoms with Crippen LogP contribution in [0.1, 0.15) is 72.5 Å². The molecule has 4 aliphatic heterocycles. The second kappa shape index (κ2) is 21.6. The van der Waals surface area contributed by atoms with Crippen LogP contribution in [0, 0.1) is 0 Å². The Labute approximate surface area is 355 Å². The molecule has 0 N–H and O–H groups in total. The molecule has 2 unspecified atom stereocenters. The largest absolute Gasteiger partial charge is 0.493 e. The van der Waals surface area contributed by atoms with Gasteiger partial charge in [0.05, 0.1) is 51.4 Å². The van der Waals surface area contributed by atoms with Gasteiger partial charge < -0.3 is 33.2 Å². The molecule has 0 aromatic heterocycles. The third-order valence-corrected chi connectivity index (χ3v) is 9.90. The molecule has 11 nitrogen and oxygen atoms in total. The quantitative estimate of drug-likeness (QED) is 0.0952. The van der Waals surface area contributed by atoms with Crippen molar-refractivity contribution in [3.63, 3.8) is 0 Å². The van der Waals surface area contributed by atoms with Gasteiger partial charge in [-0.2, -0.15) is 0 Å². The van der Waals surface area contributed by atoms with E-state index in [-0.39, 0.29) is 42.1 Å². The third-order valence-electron chi connectivity index (χ3n) is 8.94. The van der Waals surface area contributed by atoms with Crippen molar-refractivity contribution in [2.75, 3.05) is 46.2 Å². The molecular formula is C44H43BrCl2O11. The number of ketones is 1. The van der Waals surface area contributed by atoms with Gasteiger partial charge in [0.15, 0.2) is 6.61 Å². The van der Waals surface area contributed by atoms with Crippen molar-refractivity contribution >= 4 is 68.4 Å². The molecule has 0 spiro atoms. The summed E-state index contributed by atoms with van der Waals surface area (Å²) in [6, 6.07) is 24.1. The molecule has 8 rings (SSSR count). The molecule has 14 heteroatoms. The van der Waals surface area contributed by atoms with Crippen LogP contribution in [-0.2, 0) is 28.6 Å². The average Bonchev–Trinajstić information content (AvgIpc) is 3.99. The van der Waals surface area contributed by atoms with Crippen LogP contribution < -0.4 is 18.9 Å². The summed E-state index contributed by atoms with van der Waals surface area (Å²) in [5.41, 5.74) is 4.46. The maximum absolute atomic E-state index is 11.4. The summed E-state index contributed by atoms with van der Waals surface area (Å²) in [4.78, 5) is 45.1. The smallest absolute Gasteiger partial charge is 0.331 e. The highest BCUT2D eigenvalue weighted by atomic mass is 79.9. The molecule has 0 radical (unpaired) electrons. The summed E-state index contributed by atoms with van der Waals surface area (Å²) in [6.45, 7) is 8.31. The number of esters is 3. The van der Waals surface area contributed by atoms with Crippen molar-refractivity contribution in [3.05, 3.63) is 122 Å². The van der Waals surface area contributed by atoms with Crippen molar-refractivity contribution < 1.29 is 52.3 Å². The number of Topliss-reactive ketones (excluding diaryl/α,β-unsaturated/α-hetero) is 1. The van der Waals surface area contributed by atoms with Crippen LogP contribution in [0.5, 0.6) is 23.0 Å². The number of benzene rings is 4. The van der Waals surface area contributed by atoms with Crippen molar-refractivity contribution in [1.29, 1.82) is 0 Å². The lowest BCUT2D eigenvalue weighted by Gasteiger charge is -2.07. The first-order valence-corrected chi connectivity index (χ1v) is 20.2. The molecule has 58 heavy (non-hydrogen) atoms. The summed E-state index contributed by atoms with van der Waals surface area (Å²) >= 11 is 15.0. The molecule has 0 aliphatic carbocycles. The highest BCUT2D eigenvalue weighted by Crippen LogP contribution is 2.38. The van der Waals surface area contributed by atoms with E-state index in [1.54, 1.807) is 43.3 Å². The number of hydrogen-bond donors (Lipinski definition) is 0. The second-order valence-corrected chi connectivity index (χ2v) is 14.7. The maximum atomic E-state index is 11.4. The molecule has 0 saturated carbocycles. The lowest BCUT2D eigenvalue weighted by Crippen LogP contribution is -2.11. The van der Waals surface area contributed by atoms with Crippen LogP contribution in [0.15, 0.2) is 89.4 Å². The average molecular weight is 899 g/mol. The molecule has 4 aliphatic rings. The van der Waals surface area contributed by atoms with E-state index in [2.05, 4.69) is 15.9 Å². The summed E-state index contributed by atoms with van der Waals surface area (Å²) in [5, 5.41) is 1.20. The van der Waals surface area contributed by atoms with Crippen molar-refractivity contribution in [2.45, 2.75) is 45.4 Å². The number of halogens is 3. The summed E-state index contributed by atoms with van der Waals surface area (Å²) in [7, 11) is 0. The van der Waals surface area contributed by atoms with E-state index in [4.69, 9.17) is 56.4 Å². The molecular weight excluding hydrogens is 855 g/mol. The minimum Gasteiger partial charge on any atom is -0.493 e. The Kier molecular flexibility index (Phi) is 16.4. The second-order valence-electron chi connectivity index (χ2n) is 13.0. The Bertz CT molecular complexity index is 2140. The van der Waals surface area contributed by atoms with Gasteiger partial charge in [-0.05, 0) is 81.4 Å². The van der Waals surface area contributed by atoms with Crippen LogP contribution in [0.2, 0.25) is 10.0 Å². The predicted octanol–water partition coefficient (Wildman–Crippen LogP) is 9.59. The van der Waals surface area contributed by atoms with Gasteiger partial charge >= 0.3 is 17.9 Å². The first-order chi connectivity index (χ1) is 28.0. The minimum atomic E-state index is -0.353. The number of carbonyl (C=O) groups is 4. The van der Waals surface area contributed by atoms with Gasteiger partial charge in [0, 0.05) is 54.7 Å². The van der Waals surface area contributed by atoms with Crippen LogP contribution in [-0.4, -0.2) is 69.9 Å². The van der Waals surface area contributed by atoms with Gasteiger partial charge in [-0.3, -0.25) is 14.4 Å². The first-order valence-electron chi connectivity index (χ1n) is 18.7. The highest BCUT2D eigenvalue weighted by molar-refractivity contribution is 9.10. The molecule has 306 valence electrons. The number of rotatable bonds is 8. The Balaban J connectivity index is 0.000000148. The zero-order valence-electron chi connectivity index (χ0n) is 32.2. The number of ether oxygens (including phenoxy) is 7. The number of hydrogen-bond acceptors (Lipinski definition) is 11. The fourth-order valence-corrected chi connectivity index (χ4v) is 7.01. The fourth-order valence-electron chi connectivity index (χ4n) is 6.28. The minimum absolute atomic E-state index is 0.00231. The summed E-state index contributed by atoms with van der Waals surface area (Å²) in [5.74, 6) is 2.76. The van der Waals surface area contributed by atoms with E-state index in [1.807, 2.05) is 56.3 Å². The lowest BCUT2D eigenvalue weighted by atomic mass is 9.98. The molecule has 0 bridgehead atoms. The lowest BCUT2D eigenvalue weighted by molar-refractivity contribution is -0.144. The number of carbonyl (C=O) groups excluding carboxylic acids is 4. The Morgan fingerprint density at radius 1 is 0.655 bits per heavy atom. The standard InChI is InChI=1S/C12H13BrO3.C12H11ClO3.C12H14O3.C8H5ClO2/c2*1-2-15-12(14)5-8-7-16-11-4-3-9(13)6-10(8)11;1-2-14-12(13)7-9-8-15-11-6-4-3-5-10(9)11;9-5-1-2-8-6(3-5)7(10)4-11-8/h3-4,6,8H,2,5,7H2,1H3;3-6H,2,7H2,1H3;3-6,9H,2,7-8H2,1H3;1-3H,4H2/b;8-5+;;. The van der Waals surface area contributed by atoms with Gasteiger partial charge in [-0.25, -0.2) is 4.79 Å². The zero-order valence-corrected chi connectivity index (χ0v) is 35.3. The Morgan fingerprint density at radius 3 is 1.83 bits per heavy atom. The topological polar surface area (TPSA) is 133 Å². The van der Waals surface area contributed by atoms with Gasteiger partial charge in [0.1, 0.15) is 29.6 Å². The van der Waals surface area contributed by atoms with Gasteiger partial charge in [0.2, 0.25) is 5.78 Å². The molecule has 0 amide bonds. The summed E-state index contributed by atoms with van der Waals surface area (Å²) < 4.78 is 37.2. The van der Waals surface area contributed by atoms with E-state index >= 15 is 0 Å². The maximum Gasteiger partial charge on any atom is 0.331 e. The first kappa shape index (κ1) is 44.1. The molecule has 0 fully saturated rings. The van der Waals surface area contributed by atoms with Crippen molar-refractivity contribution in [3.8, 4) is 23.0 Å². The zero-order chi connectivity index (χ0) is 41.6. The van der Waals surface area contributed by atoms with Gasteiger partial charge in [-0.15, -0.1) is 0 Å². The molecule has 4 aromatic carbocycles. The Hall–Kier alpha value is -5.04. The van der Waals surface area contributed by atoms with E-state index in [0.29, 0.717) is 73.8 Å².